The molecule has 1 aliphatic heterocycles. The Morgan fingerprint density at radius 3 is 2.41 bits per heavy atom. The third-order valence-electron chi connectivity index (χ3n) is 8.01. The van der Waals surface area contributed by atoms with Gasteiger partial charge in [-0.25, -0.2) is 4.79 Å². The molecular formula is C29H32N4O5S. The lowest BCUT2D eigenvalue weighted by atomic mass is 9.70. The van der Waals surface area contributed by atoms with Crippen molar-refractivity contribution in [2.24, 2.45) is 0 Å². The maximum absolute atomic E-state index is 13.7. The third-order valence-corrected chi connectivity index (χ3v) is 10.2. The van der Waals surface area contributed by atoms with E-state index >= 15 is 0 Å². The molecule has 0 spiro atoms. The molecule has 1 amide bonds. The summed E-state index contributed by atoms with van der Waals surface area (Å²) in [5.41, 5.74) is 3.71. The van der Waals surface area contributed by atoms with Crippen molar-refractivity contribution >= 4 is 33.0 Å². The van der Waals surface area contributed by atoms with Gasteiger partial charge in [-0.05, 0) is 62.8 Å². The molecule has 10 heteroatoms. The molecule has 5 rings (SSSR count). The quantitative estimate of drug-likeness (QED) is 0.467. The molecule has 2 heterocycles. The van der Waals surface area contributed by atoms with Gasteiger partial charge in [0.1, 0.15) is 0 Å². The molecule has 0 unspecified atom stereocenters. The number of ketones is 1. The number of nitrogens with one attached hydrogen (secondary N) is 1. The summed E-state index contributed by atoms with van der Waals surface area (Å²) >= 11 is 0. The van der Waals surface area contributed by atoms with E-state index in [0.29, 0.717) is 33.8 Å². The number of nitriles is 1. The Hall–Kier alpha value is -3.68. The van der Waals surface area contributed by atoms with Crippen LogP contribution in [0, 0.1) is 11.3 Å². The van der Waals surface area contributed by atoms with Crippen molar-refractivity contribution in [2.45, 2.75) is 64.3 Å². The number of benzene rings is 2. The number of fused-ring (bicyclic) bond motifs is 4. The van der Waals surface area contributed by atoms with Crippen molar-refractivity contribution in [3.8, 4) is 6.07 Å². The van der Waals surface area contributed by atoms with Gasteiger partial charge < -0.3 is 10.1 Å². The molecule has 39 heavy (non-hydrogen) atoms. The molecule has 1 fully saturated rings. The Bertz CT molecular complexity index is 1670. The van der Waals surface area contributed by atoms with E-state index in [9.17, 15) is 28.4 Å². The summed E-state index contributed by atoms with van der Waals surface area (Å²) in [6, 6.07) is 13.3. The van der Waals surface area contributed by atoms with Gasteiger partial charge in [-0.3, -0.25) is 4.79 Å². The number of rotatable bonds is 3. The molecule has 1 aliphatic carbocycles. The number of H-pyrrole nitrogens is 1. The van der Waals surface area contributed by atoms with Crippen LogP contribution in [0.3, 0.4) is 0 Å². The minimum Gasteiger partial charge on any atom is -0.464 e. The van der Waals surface area contributed by atoms with Gasteiger partial charge in [0.2, 0.25) is 0 Å². The summed E-state index contributed by atoms with van der Waals surface area (Å²) in [5.74, 6) is 0.0153. The van der Waals surface area contributed by atoms with Crippen LogP contribution in [0.2, 0.25) is 0 Å². The molecular weight excluding hydrogens is 516 g/mol. The van der Waals surface area contributed by atoms with Crippen LogP contribution in [0.15, 0.2) is 36.4 Å². The van der Waals surface area contributed by atoms with Crippen molar-refractivity contribution in [1.29, 1.82) is 5.26 Å². The van der Waals surface area contributed by atoms with E-state index in [-0.39, 0.29) is 24.8 Å². The van der Waals surface area contributed by atoms with Gasteiger partial charge in [0.05, 0.1) is 22.7 Å². The first-order valence-corrected chi connectivity index (χ1v) is 14.4. The summed E-state index contributed by atoms with van der Waals surface area (Å²) in [4.78, 5) is 28.9. The predicted molar refractivity (Wildman–Crippen MR) is 147 cm³/mol. The number of carbonyl (C=O) groups is 2. The summed E-state index contributed by atoms with van der Waals surface area (Å²) in [7, 11) is -4.18. The number of aromatic nitrogens is 1. The Morgan fingerprint density at radius 1 is 1.15 bits per heavy atom. The zero-order valence-electron chi connectivity index (χ0n) is 22.7. The van der Waals surface area contributed by atoms with Gasteiger partial charge in [-0.2, -0.15) is 22.3 Å². The maximum atomic E-state index is 13.7. The highest BCUT2D eigenvalue weighted by Crippen LogP contribution is 2.45. The number of hydrogen-bond acceptors (Lipinski definition) is 5. The zero-order chi connectivity index (χ0) is 28.5. The Labute approximate surface area is 228 Å². The standard InChI is InChI=1S/C29H32N4O5S/c1-28(2,3)33(27(35)36)39(37,38)32-12-10-18(11-13-32)19-7-9-20-22(15-19)29(4,5)26-24(25(20)34)21-8-6-17(16-30)14-23(21)31-26/h6-9,14-15,18,31H,10-13H2,1-5H3,(H,35,36). The van der Waals surface area contributed by atoms with E-state index in [4.69, 9.17) is 0 Å². The van der Waals surface area contributed by atoms with E-state index in [1.165, 1.54) is 4.31 Å². The first-order chi connectivity index (χ1) is 18.2. The van der Waals surface area contributed by atoms with Crippen LogP contribution in [-0.4, -0.2) is 57.6 Å². The number of carbonyl (C=O) groups excluding carboxylic acids is 1. The number of piperidine rings is 1. The zero-order valence-corrected chi connectivity index (χ0v) is 23.5. The topological polar surface area (TPSA) is 135 Å². The second-order valence-electron chi connectivity index (χ2n) is 11.9. The SMILES string of the molecule is CC1(C)c2cc(C3CCN(S(=O)(=O)N(C(=O)O)C(C)(C)C)CC3)ccc2C(=O)c2c1[nH]c1cc(C#N)ccc21. The lowest BCUT2D eigenvalue weighted by molar-refractivity contribution is 0.103. The lowest BCUT2D eigenvalue weighted by Crippen LogP contribution is -2.55. The highest BCUT2D eigenvalue weighted by molar-refractivity contribution is 7.87. The molecule has 0 bridgehead atoms. The minimum absolute atomic E-state index is 0.0568. The molecule has 1 aromatic heterocycles. The van der Waals surface area contributed by atoms with Crippen molar-refractivity contribution in [3.63, 3.8) is 0 Å². The Kier molecular flexibility index (Phi) is 6.16. The fourth-order valence-corrected chi connectivity index (χ4v) is 7.83. The number of hydrogen-bond donors (Lipinski definition) is 2. The van der Waals surface area contributed by atoms with E-state index in [0.717, 1.165) is 27.7 Å². The number of carboxylic acid groups (broad SMARTS) is 1. The summed E-state index contributed by atoms with van der Waals surface area (Å²) in [6.07, 6.45) is -0.414. The van der Waals surface area contributed by atoms with Gasteiger partial charge >= 0.3 is 16.3 Å². The van der Waals surface area contributed by atoms with Crippen molar-refractivity contribution in [2.75, 3.05) is 13.1 Å². The molecule has 3 aromatic rings. The molecule has 204 valence electrons. The summed E-state index contributed by atoms with van der Waals surface area (Å²) in [6.45, 7) is 9.24. The largest absolute Gasteiger partial charge is 0.464 e. The average molecular weight is 549 g/mol. The lowest BCUT2D eigenvalue weighted by Gasteiger charge is -2.39. The molecule has 9 nitrogen and oxygen atoms in total. The first-order valence-electron chi connectivity index (χ1n) is 13.0. The van der Waals surface area contributed by atoms with Gasteiger partial charge in [0.15, 0.2) is 5.78 Å². The summed E-state index contributed by atoms with van der Waals surface area (Å²) in [5, 5.41) is 19.7. The van der Waals surface area contributed by atoms with Crippen LogP contribution in [0.25, 0.3) is 10.9 Å². The molecule has 0 atom stereocenters. The second kappa shape index (κ2) is 8.93. The second-order valence-corrected chi connectivity index (χ2v) is 13.7. The molecule has 2 N–H and O–H groups in total. The first kappa shape index (κ1) is 26.9. The Morgan fingerprint density at radius 2 is 1.82 bits per heavy atom. The number of nitrogens with zero attached hydrogens (tertiary/aromatic N) is 3. The van der Waals surface area contributed by atoms with E-state index in [1.807, 2.05) is 18.2 Å². The minimum atomic E-state index is -4.18. The highest BCUT2D eigenvalue weighted by atomic mass is 32.2. The van der Waals surface area contributed by atoms with Crippen LogP contribution in [0.1, 0.15) is 91.7 Å². The molecule has 1 saturated heterocycles. The number of aromatic amines is 1. The molecule has 2 aliphatic rings. The number of amides is 1. The normalized spacial score (nSPS) is 17.9. The molecule has 0 saturated carbocycles. The van der Waals surface area contributed by atoms with E-state index in [1.54, 1.807) is 32.9 Å². The van der Waals surface area contributed by atoms with Crippen LogP contribution in [0.4, 0.5) is 4.79 Å². The Balaban J connectivity index is 1.44. The van der Waals surface area contributed by atoms with Gasteiger partial charge in [0.25, 0.3) is 0 Å². The van der Waals surface area contributed by atoms with Gasteiger partial charge in [-0.15, -0.1) is 0 Å². The highest BCUT2D eigenvalue weighted by Gasteiger charge is 2.43. The molecule has 2 aromatic carbocycles. The van der Waals surface area contributed by atoms with Crippen molar-refractivity contribution in [1.82, 2.24) is 13.6 Å². The van der Waals surface area contributed by atoms with Crippen LogP contribution in [-0.2, 0) is 15.6 Å². The predicted octanol–water partition coefficient (Wildman–Crippen LogP) is 5.11. The van der Waals surface area contributed by atoms with Gasteiger partial charge in [-0.1, -0.05) is 38.1 Å². The maximum Gasteiger partial charge on any atom is 0.422 e. The monoisotopic (exact) mass is 548 g/mol. The van der Waals surface area contributed by atoms with Crippen molar-refractivity contribution in [3.05, 3.63) is 69.9 Å². The van der Waals surface area contributed by atoms with Gasteiger partial charge in [0, 0.05) is 40.7 Å². The molecule has 0 radical (unpaired) electrons. The fraction of sp³-hybridized carbons (Fsp3) is 0.414. The van der Waals surface area contributed by atoms with Crippen LogP contribution in [0.5, 0.6) is 0 Å². The van der Waals surface area contributed by atoms with E-state index < -0.39 is 27.3 Å². The summed E-state index contributed by atoms with van der Waals surface area (Å²) < 4.78 is 28.1. The van der Waals surface area contributed by atoms with Crippen LogP contribution < -0.4 is 0 Å². The fourth-order valence-electron chi connectivity index (χ4n) is 6.04. The van der Waals surface area contributed by atoms with Crippen molar-refractivity contribution < 1.29 is 23.1 Å². The third kappa shape index (κ3) is 4.21. The van der Waals surface area contributed by atoms with E-state index in [2.05, 4.69) is 31.0 Å². The smallest absolute Gasteiger partial charge is 0.422 e. The van der Waals surface area contributed by atoms with Crippen LogP contribution >= 0.6 is 0 Å². The average Bonchev–Trinajstić information content (AvgIpc) is 3.26.